The zero-order chi connectivity index (χ0) is 16.4. The zero-order valence-corrected chi connectivity index (χ0v) is 13.6. The molecule has 2 aromatic heterocycles. The Balaban J connectivity index is 1.81. The molecule has 3 rings (SSSR count). The number of nitrogens with zero attached hydrogens (tertiary/aromatic N) is 4. The van der Waals surface area contributed by atoms with E-state index in [-0.39, 0.29) is 11.0 Å². The number of rotatable bonds is 3. The van der Waals surface area contributed by atoms with E-state index < -0.39 is 0 Å². The van der Waals surface area contributed by atoms with E-state index in [1.807, 2.05) is 57.3 Å². The third-order valence-corrected chi connectivity index (χ3v) is 3.71. The van der Waals surface area contributed by atoms with E-state index in [2.05, 4.69) is 10.1 Å². The summed E-state index contributed by atoms with van der Waals surface area (Å²) in [6.07, 6.45) is 5.27. The van der Waals surface area contributed by atoms with Gasteiger partial charge >= 0.3 is 0 Å². The third-order valence-electron chi connectivity index (χ3n) is 3.71. The lowest BCUT2D eigenvalue weighted by atomic mass is 9.92. The fourth-order valence-corrected chi connectivity index (χ4v) is 2.33. The molecular formula is C18H20N4O. The average molecular weight is 308 g/mol. The molecule has 0 fully saturated rings. The molecule has 0 aliphatic rings. The van der Waals surface area contributed by atoms with E-state index in [0.29, 0.717) is 6.54 Å². The van der Waals surface area contributed by atoms with Crippen LogP contribution in [0.5, 0.6) is 0 Å². The summed E-state index contributed by atoms with van der Waals surface area (Å²) in [7, 11) is 0. The summed E-state index contributed by atoms with van der Waals surface area (Å²) < 4.78 is 3.42. The van der Waals surface area contributed by atoms with Crippen molar-refractivity contribution >= 4 is 0 Å². The summed E-state index contributed by atoms with van der Waals surface area (Å²) in [6.45, 7) is 6.66. The van der Waals surface area contributed by atoms with Crippen molar-refractivity contribution in [3.05, 3.63) is 76.7 Å². The number of hydrogen-bond donors (Lipinski definition) is 0. The molecular weight excluding hydrogens is 288 g/mol. The molecule has 3 aromatic rings. The van der Waals surface area contributed by atoms with Crippen LogP contribution in [0.2, 0.25) is 0 Å². The van der Waals surface area contributed by atoms with Gasteiger partial charge in [-0.25, -0.2) is 9.67 Å². The molecule has 0 aliphatic carbocycles. The van der Waals surface area contributed by atoms with Gasteiger partial charge in [0.25, 0.3) is 5.56 Å². The maximum absolute atomic E-state index is 12.3. The summed E-state index contributed by atoms with van der Waals surface area (Å²) >= 11 is 0. The maximum atomic E-state index is 12.3. The van der Waals surface area contributed by atoms with Crippen molar-refractivity contribution in [2.24, 2.45) is 0 Å². The van der Waals surface area contributed by atoms with Gasteiger partial charge in [-0.05, 0) is 23.8 Å². The van der Waals surface area contributed by atoms with E-state index >= 15 is 0 Å². The van der Waals surface area contributed by atoms with E-state index in [0.717, 1.165) is 16.9 Å². The first-order valence-corrected chi connectivity index (χ1v) is 7.59. The molecule has 1 aromatic carbocycles. The Morgan fingerprint density at radius 3 is 2.43 bits per heavy atom. The first-order valence-electron chi connectivity index (χ1n) is 7.59. The molecule has 0 aliphatic heterocycles. The standard InChI is InChI=1S/C18H20N4O/c1-18(2,3)16-11-17(23)21(13-19-16)12-14-5-7-15(8-6-14)22-10-4-9-20-22/h4-11,13H,12H2,1-3H3. The quantitative estimate of drug-likeness (QED) is 0.747. The highest BCUT2D eigenvalue weighted by Crippen LogP contribution is 2.17. The van der Waals surface area contributed by atoms with Crippen molar-refractivity contribution in [2.45, 2.75) is 32.7 Å². The SMILES string of the molecule is CC(C)(C)c1cc(=O)n(Cc2ccc(-n3cccn3)cc2)cn1. The van der Waals surface area contributed by atoms with Gasteiger partial charge in [-0.15, -0.1) is 0 Å². The molecule has 0 N–H and O–H groups in total. The molecule has 23 heavy (non-hydrogen) atoms. The molecule has 2 heterocycles. The minimum Gasteiger partial charge on any atom is -0.295 e. The summed E-state index contributed by atoms with van der Waals surface area (Å²) in [6, 6.07) is 11.5. The summed E-state index contributed by atoms with van der Waals surface area (Å²) in [5.74, 6) is 0. The molecule has 0 bridgehead atoms. The lowest BCUT2D eigenvalue weighted by Gasteiger charge is -2.17. The minimum absolute atomic E-state index is 0.0268. The first-order chi connectivity index (χ1) is 10.9. The smallest absolute Gasteiger partial charge is 0.253 e. The molecule has 0 amide bonds. The second-order valence-corrected chi connectivity index (χ2v) is 6.61. The molecule has 5 nitrogen and oxygen atoms in total. The highest BCUT2D eigenvalue weighted by atomic mass is 16.1. The molecule has 0 atom stereocenters. The highest BCUT2D eigenvalue weighted by Gasteiger charge is 2.16. The van der Waals surface area contributed by atoms with Crippen LogP contribution in [-0.4, -0.2) is 19.3 Å². The Kier molecular flexibility index (Phi) is 3.86. The van der Waals surface area contributed by atoms with Gasteiger partial charge in [0.05, 0.1) is 24.3 Å². The predicted octanol–water partition coefficient (Wildman–Crippen LogP) is 2.77. The summed E-state index contributed by atoms with van der Waals surface area (Å²) in [4.78, 5) is 16.7. The van der Waals surface area contributed by atoms with Gasteiger partial charge in [-0.2, -0.15) is 5.10 Å². The van der Waals surface area contributed by atoms with Crippen LogP contribution >= 0.6 is 0 Å². The monoisotopic (exact) mass is 308 g/mol. The van der Waals surface area contributed by atoms with E-state index in [4.69, 9.17) is 0 Å². The lowest BCUT2D eigenvalue weighted by molar-refractivity contribution is 0.557. The summed E-state index contributed by atoms with van der Waals surface area (Å²) in [5, 5.41) is 4.20. The van der Waals surface area contributed by atoms with Crippen molar-refractivity contribution in [3.63, 3.8) is 0 Å². The number of aromatic nitrogens is 4. The molecule has 0 radical (unpaired) electrons. The van der Waals surface area contributed by atoms with Crippen LogP contribution in [0, 0.1) is 0 Å². The first kappa shape index (κ1) is 15.2. The van der Waals surface area contributed by atoms with Crippen LogP contribution in [0.25, 0.3) is 5.69 Å². The van der Waals surface area contributed by atoms with Gasteiger partial charge in [0, 0.05) is 23.9 Å². The fourth-order valence-electron chi connectivity index (χ4n) is 2.33. The second-order valence-electron chi connectivity index (χ2n) is 6.61. The molecule has 118 valence electrons. The van der Waals surface area contributed by atoms with Crippen molar-refractivity contribution in [1.29, 1.82) is 0 Å². The lowest BCUT2D eigenvalue weighted by Crippen LogP contribution is -2.25. The summed E-state index contributed by atoms with van der Waals surface area (Å²) in [5.41, 5.74) is 2.71. The normalized spacial score (nSPS) is 11.6. The van der Waals surface area contributed by atoms with Gasteiger partial charge in [-0.1, -0.05) is 32.9 Å². The zero-order valence-electron chi connectivity index (χ0n) is 13.6. The van der Waals surface area contributed by atoms with Crippen molar-refractivity contribution in [3.8, 4) is 5.69 Å². The van der Waals surface area contributed by atoms with Crippen molar-refractivity contribution < 1.29 is 0 Å². The van der Waals surface area contributed by atoms with Crippen LogP contribution in [0.3, 0.4) is 0 Å². The topological polar surface area (TPSA) is 52.7 Å². The van der Waals surface area contributed by atoms with Gasteiger partial charge in [0.2, 0.25) is 0 Å². The average Bonchev–Trinajstić information content (AvgIpc) is 3.03. The Morgan fingerprint density at radius 1 is 1.13 bits per heavy atom. The Bertz CT molecular complexity index is 840. The molecule has 0 unspecified atom stereocenters. The van der Waals surface area contributed by atoms with E-state index in [1.165, 1.54) is 0 Å². The predicted molar refractivity (Wildman–Crippen MR) is 89.9 cm³/mol. The van der Waals surface area contributed by atoms with Crippen LogP contribution < -0.4 is 5.56 Å². The van der Waals surface area contributed by atoms with Gasteiger partial charge in [-0.3, -0.25) is 9.36 Å². The van der Waals surface area contributed by atoms with Crippen LogP contribution in [0.15, 0.2) is 59.9 Å². The van der Waals surface area contributed by atoms with Crippen LogP contribution in [0.1, 0.15) is 32.0 Å². The largest absolute Gasteiger partial charge is 0.295 e. The van der Waals surface area contributed by atoms with Crippen molar-refractivity contribution in [1.82, 2.24) is 19.3 Å². The van der Waals surface area contributed by atoms with E-state index in [9.17, 15) is 4.79 Å². The minimum atomic E-state index is -0.121. The van der Waals surface area contributed by atoms with Gasteiger partial charge in [0.15, 0.2) is 0 Å². The van der Waals surface area contributed by atoms with Crippen LogP contribution in [0.4, 0.5) is 0 Å². The molecule has 0 spiro atoms. The van der Waals surface area contributed by atoms with Gasteiger partial charge in [0.1, 0.15) is 0 Å². The Hall–Kier alpha value is -2.69. The second kappa shape index (κ2) is 5.83. The van der Waals surface area contributed by atoms with Crippen molar-refractivity contribution in [2.75, 3.05) is 0 Å². The third kappa shape index (κ3) is 3.39. The molecule has 5 heteroatoms. The highest BCUT2D eigenvalue weighted by molar-refractivity contribution is 5.33. The number of hydrogen-bond acceptors (Lipinski definition) is 3. The maximum Gasteiger partial charge on any atom is 0.253 e. The number of benzene rings is 1. The Morgan fingerprint density at radius 2 is 1.87 bits per heavy atom. The Labute approximate surface area is 135 Å². The molecule has 0 saturated carbocycles. The fraction of sp³-hybridized carbons (Fsp3) is 0.278. The van der Waals surface area contributed by atoms with E-state index in [1.54, 1.807) is 27.8 Å². The van der Waals surface area contributed by atoms with Gasteiger partial charge < -0.3 is 0 Å². The van der Waals surface area contributed by atoms with Crippen LogP contribution in [-0.2, 0) is 12.0 Å². The molecule has 0 saturated heterocycles.